The summed E-state index contributed by atoms with van der Waals surface area (Å²) < 4.78 is 11.3. The van der Waals surface area contributed by atoms with Gasteiger partial charge in [-0.3, -0.25) is 0 Å². The topological polar surface area (TPSA) is 43.4 Å². The smallest absolute Gasteiger partial charge is 0.160 e. The molecular weight excluding hydrogens is 320 g/mol. The zero-order valence-corrected chi connectivity index (χ0v) is 13.1. The molecule has 1 aromatic carbocycles. The first kappa shape index (κ1) is 14.7. The molecule has 20 heavy (non-hydrogen) atoms. The molecule has 0 aliphatic carbocycles. The van der Waals surface area contributed by atoms with Gasteiger partial charge in [-0.1, -0.05) is 12.1 Å². The van der Waals surface area contributed by atoms with E-state index in [9.17, 15) is 0 Å². The molecule has 0 unspecified atom stereocenters. The van der Waals surface area contributed by atoms with E-state index < -0.39 is 0 Å². The van der Waals surface area contributed by atoms with Crippen molar-refractivity contribution in [2.75, 3.05) is 26.1 Å². The second-order valence-corrected chi connectivity index (χ2v) is 5.02. The van der Waals surface area contributed by atoms with Gasteiger partial charge in [0.15, 0.2) is 11.5 Å². The minimum Gasteiger partial charge on any atom is -0.493 e. The van der Waals surface area contributed by atoms with E-state index in [0.717, 1.165) is 34.9 Å². The summed E-state index contributed by atoms with van der Waals surface area (Å²) in [4.78, 5) is 4.33. The lowest BCUT2D eigenvalue weighted by Crippen LogP contribution is -2.06. The highest BCUT2D eigenvalue weighted by Crippen LogP contribution is 2.27. The van der Waals surface area contributed by atoms with Crippen molar-refractivity contribution < 1.29 is 9.47 Å². The average Bonchev–Trinajstić information content (AvgIpc) is 2.47. The summed E-state index contributed by atoms with van der Waals surface area (Å²) in [5.41, 5.74) is 1.19. The second-order valence-electron chi connectivity index (χ2n) is 4.21. The lowest BCUT2D eigenvalue weighted by molar-refractivity contribution is 0.354. The predicted octanol–water partition coefficient (Wildman–Crippen LogP) is 3.52. The number of rotatable bonds is 6. The van der Waals surface area contributed by atoms with E-state index >= 15 is 0 Å². The molecule has 0 atom stereocenters. The minimum atomic E-state index is 0.748. The largest absolute Gasteiger partial charge is 0.493 e. The van der Waals surface area contributed by atoms with Crippen LogP contribution in [-0.4, -0.2) is 25.7 Å². The summed E-state index contributed by atoms with van der Waals surface area (Å²) in [5, 5.41) is 3.29. The third-order valence-electron chi connectivity index (χ3n) is 2.88. The van der Waals surface area contributed by atoms with Crippen molar-refractivity contribution in [3.05, 3.63) is 46.6 Å². The van der Waals surface area contributed by atoms with Crippen molar-refractivity contribution >= 4 is 21.7 Å². The fourth-order valence-electron chi connectivity index (χ4n) is 1.88. The van der Waals surface area contributed by atoms with Gasteiger partial charge in [-0.2, -0.15) is 0 Å². The number of ether oxygens (including phenoxy) is 2. The maximum atomic E-state index is 5.29. The molecule has 1 aromatic heterocycles. The van der Waals surface area contributed by atoms with Gasteiger partial charge in [0.05, 0.1) is 14.2 Å². The number of benzene rings is 1. The molecule has 0 fully saturated rings. The first-order valence-corrected chi connectivity index (χ1v) is 7.09. The molecule has 0 aliphatic rings. The van der Waals surface area contributed by atoms with Crippen molar-refractivity contribution in [2.45, 2.75) is 6.42 Å². The van der Waals surface area contributed by atoms with Gasteiger partial charge in [0.1, 0.15) is 10.4 Å². The van der Waals surface area contributed by atoms with Gasteiger partial charge in [-0.05, 0) is 52.2 Å². The maximum absolute atomic E-state index is 5.29. The van der Waals surface area contributed by atoms with Crippen LogP contribution in [0.15, 0.2) is 41.0 Å². The van der Waals surface area contributed by atoms with Crippen LogP contribution in [0.25, 0.3) is 0 Å². The van der Waals surface area contributed by atoms with Crippen molar-refractivity contribution in [2.24, 2.45) is 0 Å². The molecule has 1 heterocycles. The number of hydrogen-bond donors (Lipinski definition) is 1. The molecule has 2 rings (SSSR count). The van der Waals surface area contributed by atoms with Crippen molar-refractivity contribution in [1.29, 1.82) is 0 Å². The Hall–Kier alpha value is -1.75. The van der Waals surface area contributed by atoms with E-state index in [0.29, 0.717) is 0 Å². The van der Waals surface area contributed by atoms with Gasteiger partial charge < -0.3 is 14.8 Å². The number of pyridine rings is 1. The molecule has 0 aliphatic heterocycles. The van der Waals surface area contributed by atoms with Crippen LogP contribution in [0.3, 0.4) is 0 Å². The Morgan fingerprint density at radius 3 is 2.60 bits per heavy atom. The first-order valence-electron chi connectivity index (χ1n) is 6.30. The fourth-order valence-corrected chi connectivity index (χ4v) is 2.22. The molecule has 0 radical (unpaired) electrons. The highest BCUT2D eigenvalue weighted by molar-refractivity contribution is 9.10. The summed E-state index contributed by atoms with van der Waals surface area (Å²) in [7, 11) is 3.28. The van der Waals surface area contributed by atoms with E-state index in [1.807, 2.05) is 36.4 Å². The van der Waals surface area contributed by atoms with E-state index in [2.05, 4.69) is 26.2 Å². The van der Waals surface area contributed by atoms with Gasteiger partial charge in [-0.15, -0.1) is 0 Å². The summed E-state index contributed by atoms with van der Waals surface area (Å²) in [6.45, 7) is 0.805. The monoisotopic (exact) mass is 336 g/mol. The molecular formula is C15H17BrN2O2. The fraction of sp³-hybridized carbons (Fsp3) is 0.267. The van der Waals surface area contributed by atoms with Crippen LogP contribution in [-0.2, 0) is 6.42 Å². The number of aromatic nitrogens is 1. The third-order valence-corrected chi connectivity index (χ3v) is 3.32. The second kappa shape index (κ2) is 7.14. The highest BCUT2D eigenvalue weighted by atomic mass is 79.9. The van der Waals surface area contributed by atoms with Crippen molar-refractivity contribution in [3.63, 3.8) is 0 Å². The van der Waals surface area contributed by atoms with Crippen LogP contribution in [0.1, 0.15) is 5.56 Å². The Kier molecular flexibility index (Phi) is 5.24. The van der Waals surface area contributed by atoms with Crippen LogP contribution >= 0.6 is 15.9 Å². The minimum absolute atomic E-state index is 0.748. The number of nitrogens with zero attached hydrogens (tertiary/aromatic N) is 1. The Morgan fingerprint density at radius 1 is 1.10 bits per heavy atom. The molecule has 0 amide bonds. The summed E-state index contributed by atoms with van der Waals surface area (Å²) in [6, 6.07) is 11.8. The Morgan fingerprint density at radius 2 is 1.90 bits per heavy atom. The van der Waals surface area contributed by atoms with Crippen LogP contribution in [0.5, 0.6) is 11.5 Å². The summed E-state index contributed by atoms with van der Waals surface area (Å²) in [6.07, 6.45) is 0.883. The number of methoxy groups -OCH3 is 2. The summed E-state index contributed by atoms with van der Waals surface area (Å²) >= 11 is 3.35. The van der Waals surface area contributed by atoms with E-state index in [1.54, 1.807) is 14.2 Å². The Bertz CT molecular complexity index is 576. The van der Waals surface area contributed by atoms with Crippen LogP contribution < -0.4 is 14.8 Å². The van der Waals surface area contributed by atoms with Crippen LogP contribution in [0, 0.1) is 0 Å². The van der Waals surface area contributed by atoms with Gasteiger partial charge in [0, 0.05) is 6.54 Å². The van der Waals surface area contributed by atoms with E-state index in [1.165, 1.54) is 5.56 Å². The molecule has 0 saturated heterocycles. The average molecular weight is 337 g/mol. The number of anilines is 1. The van der Waals surface area contributed by atoms with Crippen LogP contribution in [0.2, 0.25) is 0 Å². The molecule has 0 spiro atoms. The van der Waals surface area contributed by atoms with Gasteiger partial charge in [0.2, 0.25) is 0 Å². The normalized spacial score (nSPS) is 10.2. The van der Waals surface area contributed by atoms with Gasteiger partial charge in [0.25, 0.3) is 0 Å². The SMILES string of the molecule is COc1ccc(CCNc2cccc(Br)n2)cc1OC. The zero-order chi connectivity index (χ0) is 14.4. The molecule has 5 heteroatoms. The predicted molar refractivity (Wildman–Crippen MR) is 83.7 cm³/mol. The summed E-state index contributed by atoms with van der Waals surface area (Å²) in [5.74, 6) is 2.36. The Labute approximate surface area is 127 Å². The number of halogens is 1. The standard InChI is InChI=1S/C15H17BrN2O2/c1-19-12-7-6-11(10-13(12)20-2)8-9-17-15-5-3-4-14(16)18-15/h3-7,10H,8-9H2,1-2H3,(H,17,18). The molecule has 1 N–H and O–H groups in total. The number of nitrogens with one attached hydrogen (secondary N) is 1. The molecule has 0 bridgehead atoms. The van der Waals surface area contributed by atoms with E-state index in [-0.39, 0.29) is 0 Å². The van der Waals surface area contributed by atoms with E-state index in [4.69, 9.17) is 9.47 Å². The van der Waals surface area contributed by atoms with Gasteiger partial charge in [-0.25, -0.2) is 4.98 Å². The quantitative estimate of drug-likeness (QED) is 0.819. The lowest BCUT2D eigenvalue weighted by Gasteiger charge is -2.10. The third kappa shape index (κ3) is 3.87. The van der Waals surface area contributed by atoms with Crippen LogP contribution in [0.4, 0.5) is 5.82 Å². The molecule has 2 aromatic rings. The van der Waals surface area contributed by atoms with Gasteiger partial charge >= 0.3 is 0 Å². The first-order chi connectivity index (χ1) is 9.72. The molecule has 106 valence electrons. The van der Waals surface area contributed by atoms with Crippen molar-refractivity contribution in [3.8, 4) is 11.5 Å². The van der Waals surface area contributed by atoms with Crippen molar-refractivity contribution in [1.82, 2.24) is 4.98 Å². The number of hydrogen-bond acceptors (Lipinski definition) is 4. The molecule has 0 saturated carbocycles. The highest BCUT2D eigenvalue weighted by Gasteiger charge is 2.04. The molecule has 4 nitrogen and oxygen atoms in total. The lowest BCUT2D eigenvalue weighted by atomic mass is 10.1. The zero-order valence-electron chi connectivity index (χ0n) is 11.5. The maximum Gasteiger partial charge on any atom is 0.160 e. The Balaban J connectivity index is 1.94.